The molecule has 1 saturated heterocycles. The lowest BCUT2D eigenvalue weighted by Crippen LogP contribution is -2.40. The molecule has 1 aliphatic heterocycles. The van der Waals surface area contributed by atoms with Gasteiger partial charge in [-0.3, -0.25) is 4.79 Å². The summed E-state index contributed by atoms with van der Waals surface area (Å²) >= 11 is 0. The highest BCUT2D eigenvalue weighted by Gasteiger charge is 2.42. The molecule has 0 bridgehead atoms. The van der Waals surface area contributed by atoms with Gasteiger partial charge in [0.25, 0.3) is 6.16 Å². The molecule has 236 valence electrons. The Bertz CT molecular complexity index is 1150. The average molecular weight is 603 g/mol. The van der Waals surface area contributed by atoms with Crippen LogP contribution in [0.2, 0.25) is 25.7 Å². The van der Waals surface area contributed by atoms with Crippen molar-refractivity contribution in [2.24, 2.45) is 23.7 Å². The van der Waals surface area contributed by atoms with Crippen LogP contribution in [0.25, 0.3) is 10.9 Å². The van der Waals surface area contributed by atoms with E-state index in [-0.39, 0.29) is 35.6 Å². The maximum absolute atomic E-state index is 12.6. The van der Waals surface area contributed by atoms with E-state index in [2.05, 4.69) is 62.9 Å². The second-order valence-corrected chi connectivity index (χ2v) is 19.4. The van der Waals surface area contributed by atoms with Gasteiger partial charge in [-0.15, -0.1) is 0 Å². The van der Waals surface area contributed by atoms with Gasteiger partial charge >= 0.3 is 5.97 Å². The van der Waals surface area contributed by atoms with Crippen molar-refractivity contribution in [2.45, 2.75) is 97.2 Å². The molecule has 2 aromatic rings. The predicted molar refractivity (Wildman–Crippen MR) is 166 cm³/mol. The van der Waals surface area contributed by atoms with E-state index in [1.54, 1.807) is 7.11 Å². The summed E-state index contributed by atoms with van der Waals surface area (Å²) in [5.74, 6) is -0.271. The molecular weight excluding hydrogens is 550 g/mol. The molecule has 1 aliphatic rings. The Kier molecular flexibility index (Phi) is 12.5. The molecule has 5 atom stereocenters. The number of cyclic esters (lactones) is 1. The Hall–Kier alpha value is -2.36. The molecule has 0 spiro atoms. The number of benzene rings is 1. The lowest BCUT2D eigenvalue weighted by atomic mass is 9.75. The number of methoxy groups -OCH3 is 1. The minimum Gasteiger partial charge on any atom is -0.542 e. The topological polar surface area (TPSA) is 110 Å². The first kappa shape index (κ1) is 34.1. The van der Waals surface area contributed by atoms with Crippen molar-refractivity contribution in [3.63, 3.8) is 0 Å². The van der Waals surface area contributed by atoms with Gasteiger partial charge in [0.1, 0.15) is 6.10 Å². The molecule has 5 unspecified atom stereocenters. The fourth-order valence-corrected chi connectivity index (χ4v) is 6.82. The number of esters is 1. The predicted octanol–water partition coefficient (Wildman–Crippen LogP) is 6.16. The van der Waals surface area contributed by atoms with Gasteiger partial charge in [0, 0.05) is 51.4 Å². The number of fused-ring (bicyclic) bond motifs is 1. The second-order valence-electron chi connectivity index (χ2n) is 13.8. The number of carbonyl (C=O) groups excluding carboxylic acids is 2. The zero-order chi connectivity index (χ0) is 31.0. The highest BCUT2D eigenvalue weighted by Crippen LogP contribution is 2.39. The lowest BCUT2D eigenvalue weighted by molar-refractivity contribution is -0.291. The number of aromatic nitrogens is 1. The van der Waals surface area contributed by atoms with Crippen molar-refractivity contribution in [1.82, 2.24) is 4.98 Å². The van der Waals surface area contributed by atoms with Gasteiger partial charge in [0.05, 0.1) is 18.6 Å². The smallest absolute Gasteiger partial charge is 0.309 e. The summed E-state index contributed by atoms with van der Waals surface area (Å²) < 4.78 is 22.7. The Morgan fingerprint density at radius 2 is 1.90 bits per heavy atom. The average Bonchev–Trinajstić information content (AvgIpc) is 3.49. The van der Waals surface area contributed by atoms with Gasteiger partial charge in [-0.1, -0.05) is 53.4 Å². The van der Waals surface area contributed by atoms with Gasteiger partial charge in [-0.25, -0.2) is 0 Å². The third-order valence-corrected chi connectivity index (χ3v) is 10.4. The quantitative estimate of drug-likeness (QED) is 0.131. The van der Waals surface area contributed by atoms with Crippen LogP contribution in [0.4, 0.5) is 4.79 Å². The van der Waals surface area contributed by atoms with Crippen molar-refractivity contribution in [1.29, 1.82) is 0 Å². The Balaban J connectivity index is 1.94. The molecule has 2 heterocycles. The van der Waals surface area contributed by atoms with Crippen LogP contribution in [-0.4, -0.2) is 64.3 Å². The van der Waals surface area contributed by atoms with Crippen molar-refractivity contribution >= 4 is 31.1 Å². The Morgan fingerprint density at radius 3 is 2.50 bits per heavy atom. The first-order chi connectivity index (χ1) is 19.8. The third kappa shape index (κ3) is 9.57. The zero-order valence-corrected chi connectivity index (χ0v) is 27.9. The monoisotopic (exact) mass is 602 g/mol. The lowest BCUT2D eigenvalue weighted by Gasteiger charge is -2.36. The standard InChI is InChI=1S/C33H53NO7Si/c1-21(2)25(17-31(41-33(36)37)30-18-26(22(3)4)32(35)40-30)28(20-39-14-15-42(6,7)8)23-11-12-29-27(16-23)24(19-34-29)10-9-13-38-5/h11-12,16,19,21-22,25-26,28,30-31,34H,9-10,13-15,17-18,20H2,1-8H3,(H,36,37)/p-1. The van der Waals surface area contributed by atoms with Crippen molar-refractivity contribution in [2.75, 3.05) is 26.9 Å². The fourth-order valence-electron chi connectivity index (χ4n) is 6.07. The summed E-state index contributed by atoms with van der Waals surface area (Å²) in [6.07, 6.45) is 1.74. The summed E-state index contributed by atoms with van der Waals surface area (Å²) in [6.45, 7) is 17.2. The van der Waals surface area contributed by atoms with Gasteiger partial charge in [0.2, 0.25) is 0 Å². The van der Waals surface area contributed by atoms with E-state index in [0.717, 1.165) is 30.0 Å². The molecule has 0 radical (unpaired) electrons. The van der Waals surface area contributed by atoms with E-state index >= 15 is 0 Å². The van der Waals surface area contributed by atoms with E-state index < -0.39 is 26.4 Å². The van der Waals surface area contributed by atoms with Crippen molar-refractivity contribution < 1.29 is 33.6 Å². The molecule has 1 fully saturated rings. The minimum atomic E-state index is -1.59. The number of hydrogen-bond acceptors (Lipinski definition) is 7. The normalized spacial score (nSPS) is 19.8. The number of hydrogen-bond donors (Lipinski definition) is 1. The van der Waals surface area contributed by atoms with Gasteiger partial charge in [-0.05, 0) is 72.7 Å². The van der Waals surface area contributed by atoms with E-state index in [1.807, 2.05) is 13.8 Å². The van der Waals surface area contributed by atoms with E-state index in [4.69, 9.17) is 18.9 Å². The summed E-state index contributed by atoms with van der Waals surface area (Å²) in [6, 6.07) is 7.60. The van der Waals surface area contributed by atoms with Gasteiger partial charge in [0.15, 0.2) is 0 Å². The second kappa shape index (κ2) is 15.4. The van der Waals surface area contributed by atoms with E-state index in [1.165, 1.54) is 10.9 Å². The number of rotatable bonds is 17. The van der Waals surface area contributed by atoms with E-state index in [0.29, 0.717) is 32.7 Å². The maximum atomic E-state index is 12.6. The molecule has 1 aromatic carbocycles. The number of aryl methyl sites for hydroxylation is 1. The van der Waals surface area contributed by atoms with Crippen molar-refractivity contribution in [3.8, 4) is 0 Å². The Morgan fingerprint density at radius 1 is 1.17 bits per heavy atom. The van der Waals surface area contributed by atoms with Crippen LogP contribution in [0, 0.1) is 23.7 Å². The molecule has 9 heteroatoms. The number of carboxylic acid groups (broad SMARTS) is 1. The molecule has 1 aromatic heterocycles. The van der Waals surface area contributed by atoms with Crippen LogP contribution >= 0.6 is 0 Å². The highest BCUT2D eigenvalue weighted by atomic mass is 28.3. The van der Waals surface area contributed by atoms with Crippen LogP contribution in [0.3, 0.4) is 0 Å². The molecule has 0 amide bonds. The summed E-state index contributed by atoms with van der Waals surface area (Å²) in [4.78, 5) is 27.7. The fraction of sp³-hybridized carbons (Fsp3) is 0.697. The molecule has 3 rings (SSSR count). The van der Waals surface area contributed by atoms with Gasteiger partial charge < -0.3 is 33.8 Å². The molecule has 0 saturated carbocycles. The van der Waals surface area contributed by atoms with Gasteiger partial charge in [-0.2, -0.15) is 0 Å². The van der Waals surface area contributed by atoms with Crippen LogP contribution in [-0.2, 0) is 30.2 Å². The largest absolute Gasteiger partial charge is 0.542 e. The molecule has 0 aliphatic carbocycles. The van der Waals surface area contributed by atoms with Crippen LogP contribution in [0.15, 0.2) is 24.4 Å². The van der Waals surface area contributed by atoms with Crippen LogP contribution in [0.5, 0.6) is 0 Å². The number of aromatic amines is 1. The minimum absolute atomic E-state index is 0.00590. The van der Waals surface area contributed by atoms with Crippen molar-refractivity contribution in [3.05, 3.63) is 35.5 Å². The number of carbonyl (C=O) groups is 2. The number of H-pyrrole nitrogens is 1. The first-order valence-corrected chi connectivity index (χ1v) is 19.3. The molecular formula is C33H52NO7Si-. The summed E-state index contributed by atoms with van der Waals surface area (Å²) in [5, 5.41) is 12.9. The molecule has 1 N–H and O–H groups in total. The Labute approximate surface area is 252 Å². The molecule has 8 nitrogen and oxygen atoms in total. The zero-order valence-electron chi connectivity index (χ0n) is 26.9. The molecule has 42 heavy (non-hydrogen) atoms. The summed E-state index contributed by atoms with van der Waals surface area (Å²) in [7, 11) is 0.448. The van der Waals surface area contributed by atoms with Crippen LogP contribution in [0.1, 0.15) is 64.0 Å². The third-order valence-electron chi connectivity index (χ3n) is 8.71. The number of nitrogens with one attached hydrogen (secondary N) is 1. The summed E-state index contributed by atoms with van der Waals surface area (Å²) in [5.41, 5.74) is 3.48. The first-order valence-electron chi connectivity index (χ1n) is 15.6. The SMILES string of the molecule is COCCCc1c[nH]c2ccc(C(COCC[Si](C)(C)C)C(CC(OC(=O)[O-])C3CC(C(C)C)C(=O)O3)C(C)C)cc12. The van der Waals surface area contributed by atoms with Crippen LogP contribution < -0.4 is 5.11 Å². The highest BCUT2D eigenvalue weighted by molar-refractivity contribution is 6.76. The number of ether oxygens (including phenoxy) is 4. The van der Waals surface area contributed by atoms with E-state index in [9.17, 15) is 14.7 Å². The maximum Gasteiger partial charge on any atom is 0.309 e.